The zero-order chi connectivity index (χ0) is 23.5. The Balaban J connectivity index is 1.41. The van der Waals surface area contributed by atoms with Gasteiger partial charge in [0.05, 0.1) is 23.3 Å². The Kier molecular flexibility index (Phi) is 5.74. The second kappa shape index (κ2) is 9.15. The van der Waals surface area contributed by atoms with Crippen molar-refractivity contribution in [3.05, 3.63) is 90.0 Å². The molecule has 0 amide bonds. The Labute approximate surface area is 195 Å². The predicted molar refractivity (Wildman–Crippen MR) is 131 cm³/mol. The van der Waals surface area contributed by atoms with Crippen LogP contribution in [0.1, 0.15) is 28.4 Å². The van der Waals surface area contributed by atoms with Crippen molar-refractivity contribution in [1.29, 1.82) is 0 Å². The molecule has 5 rings (SSSR count). The number of esters is 1. The molecule has 7 nitrogen and oxygen atoms in total. The summed E-state index contributed by atoms with van der Waals surface area (Å²) in [5.74, 6) is -0.442. The smallest absolute Gasteiger partial charge is 0.340 e. The molecule has 0 unspecified atom stereocenters. The van der Waals surface area contributed by atoms with E-state index < -0.39 is 5.97 Å². The van der Waals surface area contributed by atoms with Crippen LogP contribution in [0.25, 0.3) is 39.3 Å². The third-order valence-electron chi connectivity index (χ3n) is 5.61. The van der Waals surface area contributed by atoms with Crippen LogP contribution in [0.5, 0.6) is 0 Å². The average Bonchev–Trinajstić information content (AvgIpc) is 3.47. The number of H-pyrrole nitrogens is 2. The van der Waals surface area contributed by atoms with E-state index in [9.17, 15) is 9.59 Å². The van der Waals surface area contributed by atoms with Gasteiger partial charge in [-0.1, -0.05) is 36.4 Å². The van der Waals surface area contributed by atoms with Crippen molar-refractivity contribution >= 4 is 39.8 Å². The van der Waals surface area contributed by atoms with Crippen LogP contribution in [0.4, 0.5) is 0 Å². The van der Waals surface area contributed by atoms with Crippen LogP contribution in [0, 0.1) is 0 Å². The number of aromatic amines is 2. The van der Waals surface area contributed by atoms with Gasteiger partial charge in [-0.25, -0.2) is 14.8 Å². The molecule has 2 aromatic carbocycles. The quantitative estimate of drug-likeness (QED) is 0.265. The standard InChI is InChI=1S/C27H22N4O3/c1-2-34-27(33)22-15-29-26-24(22)25(30-16-31-26)18-7-5-6-17(12-18)13-20(32)11-10-19-14-28-23-9-4-3-8-21(19)23/h3-12,14-16,28H,2,13H2,1H3,(H,29,30,31)/b11-10+. The molecule has 0 saturated carbocycles. The van der Waals surface area contributed by atoms with Crippen LogP contribution in [-0.2, 0) is 16.0 Å². The lowest BCUT2D eigenvalue weighted by Crippen LogP contribution is -2.04. The van der Waals surface area contributed by atoms with E-state index in [1.54, 1.807) is 19.2 Å². The maximum absolute atomic E-state index is 12.7. The van der Waals surface area contributed by atoms with Gasteiger partial charge in [0.2, 0.25) is 0 Å². The first-order valence-corrected chi connectivity index (χ1v) is 11.0. The average molecular weight is 450 g/mol. The Morgan fingerprint density at radius 2 is 1.91 bits per heavy atom. The summed E-state index contributed by atoms with van der Waals surface area (Å²) in [6, 6.07) is 15.6. The zero-order valence-corrected chi connectivity index (χ0v) is 18.5. The number of carbonyl (C=O) groups is 2. The van der Waals surface area contributed by atoms with Crippen LogP contribution >= 0.6 is 0 Å². The van der Waals surface area contributed by atoms with Crippen molar-refractivity contribution in [2.75, 3.05) is 6.61 Å². The van der Waals surface area contributed by atoms with Gasteiger partial charge in [-0.2, -0.15) is 0 Å². The third-order valence-corrected chi connectivity index (χ3v) is 5.61. The fourth-order valence-electron chi connectivity index (χ4n) is 4.05. The van der Waals surface area contributed by atoms with Gasteiger partial charge in [-0.15, -0.1) is 0 Å². The predicted octanol–water partition coefficient (Wildman–Crippen LogP) is 5.11. The molecule has 0 saturated heterocycles. The summed E-state index contributed by atoms with van der Waals surface area (Å²) in [6.07, 6.45) is 8.63. The number of ketones is 1. The molecule has 0 bridgehead atoms. The molecule has 3 heterocycles. The topological polar surface area (TPSA) is 101 Å². The van der Waals surface area contributed by atoms with Crippen LogP contribution < -0.4 is 0 Å². The number of hydrogen-bond acceptors (Lipinski definition) is 5. The molecule has 168 valence electrons. The maximum Gasteiger partial charge on any atom is 0.340 e. The molecule has 3 aromatic heterocycles. The molecule has 0 aliphatic rings. The number of allylic oxidation sites excluding steroid dienone is 1. The van der Waals surface area contributed by atoms with Gasteiger partial charge < -0.3 is 14.7 Å². The van der Waals surface area contributed by atoms with Crippen LogP contribution in [-0.4, -0.2) is 38.3 Å². The number of ether oxygens (including phenoxy) is 1. The normalized spacial score (nSPS) is 11.4. The van der Waals surface area contributed by atoms with Crippen LogP contribution in [0.15, 0.2) is 73.3 Å². The maximum atomic E-state index is 12.7. The molecule has 0 radical (unpaired) electrons. The lowest BCUT2D eigenvalue weighted by molar-refractivity contribution is -0.113. The highest BCUT2D eigenvalue weighted by molar-refractivity contribution is 6.08. The van der Waals surface area contributed by atoms with E-state index in [2.05, 4.69) is 19.9 Å². The van der Waals surface area contributed by atoms with Gasteiger partial charge in [0.1, 0.15) is 12.0 Å². The molecular weight excluding hydrogens is 428 g/mol. The van der Waals surface area contributed by atoms with E-state index in [-0.39, 0.29) is 18.8 Å². The summed E-state index contributed by atoms with van der Waals surface area (Å²) in [7, 11) is 0. The highest BCUT2D eigenvalue weighted by atomic mass is 16.5. The summed E-state index contributed by atoms with van der Waals surface area (Å²) in [4.78, 5) is 40.0. The summed E-state index contributed by atoms with van der Waals surface area (Å²) in [5.41, 5.74) is 5.20. The number of fused-ring (bicyclic) bond motifs is 2. The first-order chi connectivity index (χ1) is 16.6. The van der Waals surface area contributed by atoms with Crippen molar-refractivity contribution in [3.8, 4) is 11.3 Å². The van der Waals surface area contributed by atoms with E-state index in [1.807, 2.05) is 60.8 Å². The lowest BCUT2D eigenvalue weighted by Gasteiger charge is -2.07. The van der Waals surface area contributed by atoms with Gasteiger partial charge in [-0.05, 0) is 42.3 Å². The minimum absolute atomic E-state index is 0.0101. The van der Waals surface area contributed by atoms with Crippen molar-refractivity contribution in [3.63, 3.8) is 0 Å². The minimum atomic E-state index is -0.432. The Morgan fingerprint density at radius 3 is 2.79 bits per heavy atom. The number of benzene rings is 2. The number of hydrogen-bond donors (Lipinski definition) is 2. The molecule has 0 aliphatic heterocycles. The van der Waals surface area contributed by atoms with Gasteiger partial charge in [-0.3, -0.25) is 4.79 Å². The van der Waals surface area contributed by atoms with Crippen molar-refractivity contribution < 1.29 is 14.3 Å². The van der Waals surface area contributed by atoms with E-state index in [4.69, 9.17) is 4.74 Å². The third kappa shape index (κ3) is 4.11. The summed E-state index contributed by atoms with van der Waals surface area (Å²) in [5, 5.41) is 1.67. The van der Waals surface area contributed by atoms with E-state index in [0.29, 0.717) is 22.3 Å². The molecular formula is C27H22N4O3. The number of carbonyl (C=O) groups excluding carboxylic acids is 2. The number of nitrogens with one attached hydrogen (secondary N) is 2. The second-order valence-corrected chi connectivity index (χ2v) is 7.84. The lowest BCUT2D eigenvalue weighted by atomic mass is 10.0. The van der Waals surface area contributed by atoms with Gasteiger partial charge in [0.25, 0.3) is 0 Å². The van der Waals surface area contributed by atoms with Gasteiger partial charge >= 0.3 is 5.97 Å². The first-order valence-electron chi connectivity index (χ1n) is 11.0. The van der Waals surface area contributed by atoms with E-state index in [0.717, 1.165) is 27.6 Å². The van der Waals surface area contributed by atoms with E-state index in [1.165, 1.54) is 6.33 Å². The Bertz CT molecular complexity index is 1540. The van der Waals surface area contributed by atoms with Crippen LogP contribution in [0.3, 0.4) is 0 Å². The fraction of sp³-hybridized carbons (Fsp3) is 0.111. The minimum Gasteiger partial charge on any atom is -0.462 e. The monoisotopic (exact) mass is 450 g/mol. The van der Waals surface area contributed by atoms with Gasteiger partial charge in [0.15, 0.2) is 5.78 Å². The van der Waals surface area contributed by atoms with E-state index >= 15 is 0 Å². The summed E-state index contributed by atoms with van der Waals surface area (Å²) < 4.78 is 5.18. The van der Waals surface area contributed by atoms with Crippen LogP contribution in [0.2, 0.25) is 0 Å². The van der Waals surface area contributed by atoms with Crippen molar-refractivity contribution in [1.82, 2.24) is 19.9 Å². The fourth-order valence-corrected chi connectivity index (χ4v) is 4.05. The largest absolute Gasteiger partial charge is 0.462 e. The SMILES string of the molecule is CCOC(=O)c1c[nH]c2ncnc(-c3cccc(CC(=O)/C=C/c4c[nH]c5ccccc45)c3)c12. The number of nitrogens with zero attached hydrogens (tertiary/aromatic N) is 2. The molecule has 34 heavy (non-hydrogen) atoms. The number of rotatable bonds is 7. The molecule has 0 atom stereocenters. The Hall–Kier alpha value is -4.52. The summed E-state index contributed by atoms with van der Waals surface area (Å²) in [6.45, 7) is 2.04. The van der Waals surface area contributed by atoms with Gasteiger partial charge in [0, 0.05) is 35.3 Å². The first kappa shape index (κ1) is 21.3. The Morgan fingerprint density at radius 1 is 1.03 bits per heavy atom. The number of para-hydroxylation sites is 1. The molecule has 0 fully saturated rings. The van der Waals surface area contributed by atoms with Crippen molar-refractivity contribution in [2.45, 2.75) is 13.3 Å². The molecule has 2 N–H and O–H groups in total. The highest BCUT2D eigenvalue weighted by Crippen LogP contribution is 2.29. The molecule has 7 heteroatoms. The zero-order valence-electron chi connectivity index (χ0n) is 18.5. The second-order valence-electron chi connectivity index (χ2n) is 7.84. The molecule has 0 spiro atoms. The highest BCUT2D eigenvalue weighted by Gasteiger charge is 2.19. The number of aromatic nitrogens is 4. The molecule has 0 aliphatic carbocycles. The summed E-state index contributed by atoms with van der Waals surface area (Å²) >= 11 is 0. The molecule has 5 aromatic rings. The van der Waals surface area contributed by atoms with Crippen molar-refractivity contribution in [2.24, 2.45) is 0 Å².